The molecule has 8 heteroatoms. The number of benzene rings is 1. The molecule has 0 aromatic heterocycles. The third-order valence-electron chi connectivity index (χ3n) is 2.95. The van der Waals surface area contributed by atoms with E-state index in [9.17, 15) is 14.4 Å². The molecule has 0 aliphatic heterocycles. The van der Waals surface area contributed by atoms with E-state index in [1.807, 2.05) is 30.3 Å². The number of rotatable bonds is 8. The van der Waals surface area contributed by atoms with Crippen molar-refractivity contribution in [1.29, 1.82) is 0 Å². The Labute approximate surface area is 140 Å². The van der Waals surface area contributed by atoms with Gasteiger partial charge in [0.05, 0.1) is 13.0 Å². The van der Waals surface area contributed by atoms with E-state index in [1.165, 1.54) is 0 Å². The van der Waals surface area contributed by atoms with Crippen molar-refractivity contribution in [2.45, 2.75) is 19.8 Å². The van der Waals surface area contributed by atoms with Crippen LogP contribution in [0.3, 0.4) is 0 Å². The van der Waals surface area contributed by atoms with Crippen LogP contribution >= 0.6 is 0 Å². The molecule has 0 unspecified atom stereocenters. The number of carbonyl (C=O) groups excluding carboxylic acids is 3. The van der Waals surface area contributed by atoms with Crippen LogP contribution in [-0.4, -0.2) is 48.2 Å². The summed E-state index contributed by atoms with van der Waals surface area (Å²) in [6.45, 7) is 1.80. The van der Waals surface area contributed by atoms with Crippen LogP contribution in [-0.2, 0) is 20.8 Å². The summed E-state index contributed by atoms with van der Waals surface area (Å²) >= 11 is 0. The van der Waals surface area contributed by atoms with Gasteiger partial charge in [-0.3, -0.25) is 14.4 Å². The molecule has 130 valence electrons. The molecule has 0 saturated heterocycles. The zero-order valence-electron chi connectivity index (χ0n) is 13.5. The molecule has 0 atom stereocenters. The lowest BCUT2D eigenvalue weighted by Gasteiger charge is -2.06. The summed E-state index contributed by atoms with van der Waals surface area (Å²) in [7, 11) is 0. The Morgan fingerprint density at radius 3 is 2.42 bits per heavy atom. The van der Waals surface area contributed by atoms with Crippen molar-refractivity contribution < 1.29 is 19.5 Å². The number of hydrogen-bond acceptors (Lipinski definition) is 5. The van der Waals surface area contributed by atoms with Crippen LogP contribution in [0.15, 0.2) is 35.4 Å². The second-order valence-corrected chi connectivity index (χ2v) is 5.03. The molecule has 0 spiro atoms. The number of nitrogens with one attached hydrogen (secondary N) is 3. The minimum Gasteiger partial charge on any atom is -0.395 e. The summed E-state index contributed by atoms with van der Waals surface area (Å²) in [6.07, 6.45) is 0.748. The fraction of sp³-hybridized carbons (Fsp3) is 0.375. The SMILES string of the molecule is C/C(CC(=O)NCCc1ccccc1)=N/NC(=O)C(=O)NCCO. The Morgan fingerprint density at radius 2 is 1.75 bits per heavy atom. The number of hydrogen-bond donors (Lipinski definition) is 4. The van der Waals surface area contributed by atoms with Crippen molar-refractivity contribution >= 4 is 23.4 Å². The maximum Gasteiger partial charge on any atom is 0.329 e. The second kappa shape index (κ2) is 10.9. The molecule has 4 N–H and O–H groups in total. The van der Waals surface area contributed by atoms with Crippen LogP contribution in [0.25, 0.3) is 0 Å². The average Bonchev–Trinajstić information content (AvgIpc) is 2.58. The molecule has 0 aliphatic carbocycles. The van der Waals surface area contributed by atoms with Gasteiger partial charge in [-0.25, -0.2) is 5.43 Å². The summed E-state index contributed by atoms with van der Waals surface area (Å²) in [5.41, 5.74) is 3.55. The molecule has 24 heavy (non-hydrogen) atoms. The molecule has 0 heterocycles. The van der Waals surface area contributed by atoms with Gasteiger partial charge in [-0.05, 0) is 18.9 Å². The third kappa shape index (κ3) is 8.04. The van der Waals surface area contributed by atoms with Gasteiger partial charge in [0, 0.05) is 18.8 Å². The smallest absolute Gasteiger partial charge is 0.329 e. The third-order valence-corrected chi connectivity index (χ3v) is 2.95. The highest BCUT2D eigenvalue weighted by molar-refractivity contribution is 6.35. The molecule has 0 radical (unpaired) electrons. The Bertz CT molecular complexity index is 587. The van der Waals surface area contributed by atoms with Gasteiger partial charge in [0.15, 0.2) is 0 Å². The molecule has 0 saturated carbocycles. The zero-order valence-corrected chi connectivity index (χ0v) is 13.5. The lowest BCUT2D eigenvalue weighted by atomic mass is 10.1. The average molecular weight is 334 g/mol. The first-order chi connectivity index (χ1) is 11.5. The van der Waals surface area contributed by atoms with Crippen molar-refractivity contribution in [3.05, 3.63) is 35.9 Å². The van der Waals surface area contributed by atoms with E-state index >= 15 is 0 Å². The van der Waals surface area contributed by atoms with Crippen LogP contribution in [0.2, 0.25) is 0 Å². The minimum atomic E-state index is -0.952. The summed E-state index contributed by atoms with van der Waals surface area (Å²) in [5.74, 6) is -2.06. The predicted octanol–water partition coefficient (Wildman–Crippen LogP) is -0.664. The highest BCUT2D eigenvalue weighted by Gasteiger charge is 2.12. The fourth-order valence-electron chi connectivity index (χ4n) is 1.77. The lowest BCUT2D eigenvalue weighted by Crippen LogP contribution is -2.39. The van der Waals surface area contributed by atoms with E-state index in [0.29, 0.717) is 12.3 Å². The van der Waals surface area contributed by atoms with Crippen LogP contribution < -0.4 is 16.1 Å². The van der Waals surface area contributed by atoms with Gasteiger partial charge < -0.3 is 15.7 Å². The molecule has 3 amide bonds. The first kappa shape index (κ1) is 19.3. The van der Waals surface area contributed by atoms with Crippen LogP contribution in [0.5, 0.6) is 0 Å². The van der Waals surface area contributed by atoms with E-state index in [2.05, 4.69) is 21.2 Å². The molecule has 8 nitrogen and oxygen atoms in total. The van der Waals surface area contributed by atoms with E-state index in [0.717, 1.165) is 12.0 Å². The molecule has 1 aromatic rings. The molecule has 0 fully saturated rings. The lowest BCUT2D eigenvalue weighted by molar-refractivity contribution is -0.139. The van der Waals surface area contributed by atoms with Crippen LogP contribution in [0.1, 0.15) is 18.9 Å². The van der Waals surface area contributed by atoms with Gasteiger partial charge in [0.1, 0.15) is 0 Å². The molecule has 0 aliphatic rings. The van der Waals surface area contributed by atoms with Crippen molar-refractivity contribution in [3.8, 4) is 0 Å². The Morgan fingerprint density at radius 1 is 1.04 bits per heavy atom. The fourth-order valence-corrected chi connectivity index (χ4v) is 1.77. The summed E-state index contributed by atoms with van der Waals surface area (Å²) in [5, 5.41) is 17.2. The normalized spacial score (nSPS) is 10.8. The number of aliphatic hydroxyl groups is 1. The monoisotopic (exact) mass is 334 g/mol. The molecular weight excluding hydrogens is 312 g/mol. The number of nitrogens with zero attached hydrogens (tertiary/aromatic N) is 1. The van der Waals surface area contributed by atoms with Gasteiger partial charge in [0.2, 0.25) is 5.91 Å². The van der Waals surface area contributed by atoms with E-state index < -0.39 is 11.8 Å². The molecule has 1 aromatic carbocycles. The van der Waals surface area contributed by atoms with Gasteiger partial charge in [-0.1, -0.05) is 30.3 Å². The zero-order chi connectivity index (χ0) is 17.8. The number of amides is 3. The molecular formula is C16H22N4O4. The standard InChI is InChI=1S/C16H22N4O4/c1-12(19-20-16(24)15(23)18-9-10-21)11-14(22)17-8-7-13-5-3-2-4-6-13/h2-6,21H,7-11H2,1H3,(H,17,22)(H,18,23)(H,20,24)/b19-12-. The molecule has 0 bridgehead atoms. The number of hydrazone groups is 1. The number of carbonyl (C=O) groups is 3. The summed E-state index contributed by atoms with van der Waals surface area (Å²) < 4.78 is 0. The summed E-state index contributed by atoms with van der Waals surface area (Å²) in [6, 6.07) is 9.77. The first-order valence-corrected chi connectivity index (χ1v) is 7.55. The quantitative estimate of drug-likeness (QED) is 0.286. The highest BCUT2D eigenvalue weighted by Crippen LogP contribution is 1.98. The Kier molecular flexibility index (Phi) is 8.77. The van der Waals surface area contributed by atoms with E-state index in [1.54, 1.807) is 6.92 Å². The maximum atomic E-state index is 11.8. The van der Waals surface area contributed by atoms with Gasteiger partial charge in [0.25, 0.3) is 0 Å². The summed E-state index contributed by atoms with van der Waals surface area (Å²) in [4.78, 5) is 34.3. The van der Waals surface area contributed by atoms with Crippen LogP contribution in [0, 0.1) is 0 Å². The minimum absolute atomic E-state index is 0.0151. The van der Waals surface area contributed by atoms with Crippen molar-refractivity contribution in [3.63, 3.8) is 0 Å². The maximum absolute atomic E-state index is 11.8. The van der Waals surface area contributed by atoms with Crippen molar-refractivity contribution in [2.75, 3.05) is 19.7 Å². The van der Waals surface area contributed by atoms with Gasteiger partial charge >= 0.3 is 11.8 Å². The Hall–Kier alpha value is -2.74. The Balaban J connectivity index is 2.27. The largest absolute Gasteiger partial charge is 0.395 e. The molecule has 1 rings (SSSR count). The van der Waals surface area contributed by atoms with Gasteiger partial charge in [-0.15, -0.1) is 0 Å². The van der Waals surface area contributed by atoms with E-state index in [4.69, 9.17) is 5.11 Å². The second-order valence-electron chi connectivity index (χ2n) is 5.03. The van der Waals surface area contributed by atoms with E-state index in [-0.39, 0.29) is 25.5 Å². The highest BCUT2D eigenvalue weighted by atomic mass is 16.3. The predicted molar refractivity (Wildman–Crippen MR) is 89.1 cm³/mol. The first-order valence-electron chi connectivity index (χ1n) is 7.55. The van der Waals surface area contributed by atoms with Gasteiger partial charge in [-0.2, -0.15) is 5.10 Å². The van der Waals surface area contributed by atoms with Crippen molar-refractivity contribution in [2.24, 2.45) is 5.10 Å². The van der Waals surface area contributed by atoms with Crippen molar-refractivity contribution in [1.82, 2.24) is 16.1 Å². The number of aliphatic hydroxyl groups excluding tert-OH is 1. The topological polar surface area (TPSA) is 120 Å². The van der Waals surface area contributed by atoms with Crippen LogP contribution in [0.4, 0.5) is 0 Å².